The zero-order valence-electron chi connectivity index (χ0n) is 17.2. The number of amides is 1. The van der Waals surface area contributed by atoms with Crippen molar-refractivity contribution in [1.29, 1.82) is 0 Å². The summed E-state index contributed by atoms with van der Waals surface area (Å²) in [5, 5.41) is 6.72. The predicted molar refractivity (Wildman–Crippen MR) is 107 cm³/mol. The lowest BCUT2D eigenvalue weighted by atomic mass is 9.96. The maximum atomic E-state index is 15.1. The molecule has 3 atom stereocenters. The lowest BCUT2D eigenvalue weighted by Crippen LogP contribution is -2.59. The number of hydrogen-bond donors (Lipinski definition) is 2. The standard InChI is InChI=1S/C19H30FN5O4S/c1-2-15-9-14(22-19(26)17-11-16(23-29-17)12-3-4-12)10-18(20)25(15)30(27,28)24-7-5-13(21)6-8-24/h11-15,18H,2-10,21H2,1H3,(H,22,26)/t14-,15+,18+/m1/s1. The van der Waals surface area contributed by atoms with E-state index in [2.05, 4.69) is 10.5 Å². The molecule has 168 valence electrons. The van der Waals surface area contributed by atoms with Crippen molar-refractivity contribution < 1.29 is 22.1 Å². The fourth-order valence-electron chi connectivity index (χ4n) is 4.36. The lowest BCUT2D eigenvalue weighted by Gasteiger charge is -2.43. The molecule has 3 heterocycles. The van der Waals surface area contributed by atoms with Gasteiger partial charge in [0.15, 0.2) is 6.30 Å². The number of alkyl halides is 1. The maximum Gasteiger partial charge on any atom is 0.290 e. The van der Waals surface area contributed by atoms with Gasteiger partial charge in [-0.3, -0.25) is 4.79 Å². The minimum Gasteiger partial charge on any atom is -0.351 e. The molecule has 4 rings (SSSR count). The number of halogens is 1. The second kappa shape index (κ2) is 8.52. The molecule has 0 radical (unpaired) electrons. The topological polar surface area (TPSA) is 122 Å². The number of carbonyl (C=O) groups excluding carboxylic acids is 1. The number of nitrogens with one attached hydrogen (secondary N) is 1. The van der Waals surface area contributed by atoms with Gasteiger partial charge in [0.1, 0.15) is 0 Å². The lowest BCUT2D eigenvalue weighted by molar-refractivity contribution is 0.0466. The summed E-state index contributed by atoms with van der Waals surface area (Å²) in [7, 11) is -3.93. The molecule has 1 saturated carbocycles. The molecule has 2 saturated heterocycles. The molecule has 0 unspecified atom stereocenters. The van der Waals surface area contributed by atoms with Crippen molar-refractivity contribution >= 4 is 16.1 Å². The van der Waals surface area contributed by atoms with E-state index in [-0.39, 0.29) is 18.2 Å². The molecule has 1 aromatic heterocycles. The molecule has 30 heavy (non-hydrogen) atoms. The van der Waals surface area contributed by atoms with Crippen molar-refractivity contribution in [3.05, 3.63) is 17.5 Å². The summed E-state index contributed by atoms with van der Waals surface area (Å²) in [5.41, 5.74) is 6.65. The number of piperidine rings is 2. The molecule has 0 spiro atoms. The van der Waals surface area contributed by atoms with E-state index in [0.29, 0.717) is 44.7 Å². The van der Waals surface area contributed by atoms with Crippen LogP contribution in [0.3, 0.4) is 0 Å². The smallest absolute Gasteiger partial charge is 0.290 e. The van der Waals surface area contributed by atoms with E-state index in [1.807, 2.05) is 6.92 Å². The molecule has 3 N–H and O–H groups in total. The van der Waals surface area contributed by atoms with Crippen molar-refractivity contribution in [2.24, 2.45) is 5.73 Å². The van der Waals surface area contributed by atoms with Crippen LogP contribution in [0.25, 0.3) is 0 Å². The van der Waals surface area contributed by atoms with Crippen LogP contribution in [0.4, 0.5) is 4.39 Å². The maximum absolute atomic E-state index is 15.1. The van der Waals surface area contributed by atoms with Gasteiger partial charge >= 0.3 is 0 Å². The molecular formula is C19H30FN5O4S. The summed E-state index contributed by atoms with van der Waals surface area (Å²) in [6, 6.07) is 0.611. The van der Waals surface area contributed by atoms with Gasteiger partial charge in [-0.25, -0.2) is 4.39 Å². The van der Waals surface area contributed by atoms with E-state index in [4.69, 9.17) is 10.3 Å². The van der Waals surface area contributed by atoms with Crippen LogP contribution < -0.4 is 11.1 Å². The first-order valence-electron chi connectivity index (χ1n) is 10.7. The van der Waals surface area contributed by atoms with Gasteiger partial charge < -0.3 is 15.6 Å². The van der Waals surface area contributed by atoms with E-state index in [9.17, 15) is 13.2 Å². The van der Waals surface area contributed by atoms with Crippen LogP contribution in [0.2, 0.25) is 0 Å². The summed E-state index contributed by atoms with van der Waals surface area (Å²) in [5.74, 6) is 0.0376. The molecule has 3 aliphatic rings. The zero-order chi connectivity index (χ0) is 21.5. The minimum absolute atomic E-state index is 0.0166. The van der Waals surface area contributed by atoms with Gasteiger partial charge in [-0.1, -0.05) is 12.1 Å². The van der Waals surface area contributed by atoms with E-state index in [1.165, 1.54) is 4.31 Å². The highest BCUT2D eigenvalue weighted by Crippen LogP contribution is 2.39. The molecule has 11 heteroatoms. The highest BCUT2D eigenvalue weighted by atomic mass is 32.2. The van der Waals surface area contributed by atoms with Crippen molar-refractivity contribution in [2.45, 2.75) is 82.2 Å². The monoisotopic (exact) mass is 443 g/mol. The summed E-state index contributed by atoms with van der Waals surface area (Å²) in [6.45, 7) is 2.44. The summed E-state index contributed by atoms with van der Waals surface area (Å²) < 4.78 is 48.8. The van der Waals surface area contributed by atoms with Gasteiger partial charge in [-0.15, -0.1) is 0 Å². The molecule has 1 amide bonds. The predicted octanol–water partition coefficient (Wildman–Crippen LogP) is 1.49. The SMILES string of the molecule is CC[C@H]1C[C@@H](NC(=O)c2cc(C3CC3)no2)C[C@@H](F)N1S(=O)(=O)N1CCC(N)CC1. The first kappa shape index (κ1) is 21.7. The number of nitrogens with zero attached hydrogens (tertiary/aromatic N) is 3. The highest BCUT2D eigenvalue weighted by molar-refractivity contribution is 7.86. The van der Waals surface area contributed by atoms with Crippen LogP contribution in [-0.4, -0.2) is 65.6 Å². The van der Waals surface area contributed by atoms with E-state index >= 15 is 4.39 Å². The molecule has 1 aliphatic carbocycles. The van der Waals surface area contributed by atoms with Crippen LogP contribution >= 0.6 is 0 Å². The van der Waals surface area contributed by atoms with Crippen molar-refractivity contribution in [3.63, 3.8) is 0 Å². The summed E-state index contributed by atoms with van der Waals surface area (Å²) in [6.07, 6.45) is 2.23. The first-order chi connectivity index (χ1) is 14.3. The Labute approximate surface area is 176 Å². The van der Waals surface area contributed by atoms with Crippen molar-refractivity contribution in [1.82, 2.24) is 19.1 Å². The Morgan fingerprint density at radius 3 is 2.63 bits per heavy atom. The van der Waals surface area contributed by atoms with Gasteiger partial charge in [-0.05, 0) is 38.5 Å². The van der Waals surface area contributed by atoms with Gasteiger partial charge in [0, 0.05) is 49.6 Å². The zero-order valence-corrected chi connectivity index (χ0v) is 18.0. The molecule has 0 bridgehead atoms. The first-order valence-corrected chi connectivity index (χ1v) is 12.1. The molecular weight excluding hydrogens is 413 g/mol. The molecule has 3 fully saturated rings. The fourth-order valence-corrected chi connectivity index (χ4v) is 6.28. The van der Waals surface area contributed by atoms with E-state index in [0.717, 1.165) is 22.8 Å². The third-order valence-electron chi connectivity index (χ3n) is 6.32. The number of hydrogen-bond acceptors (Lipinski definition) is 6. The third-order valence-corrected chi connectivity index (χ3v) is 8.39. The van der Waals surface area contributed by atoms with Crippen molar-refractivity contribution in [3.8, 4) is 0 Å². The van der Waals surface area contributed by atoms with Gasteiger partial charge in [0.25, 0.3) is 16.1 Å². The Morgan fingerprint density at radius 2 is 2.00 bits per heavy atom. The third kappa shape index (κ3) is 4.39. The van der Waals surface area contributed by atoms with Crippen molar-refractivity contribution in [2.75, 3.05) is 13.1 Å². The largest absolute Gasteiger partial charge is 0.351 e. The van der Waals surface area contributed by atoms with E-state index < -0.39 is 34.5 Å². The normalized spacial score (nSPS) is 29.8. The quantitative estimate of drug-likeness (QED) is 0.643. The molecule has 1 aromatic rings. The average molecular weight is 444 g/mol. The van der Waals surface area contributed by atoms with Crippen LogP contribution in [0, 0.1) is 0 Å². The summed E-state index contributed by atoms with van der Waals surface area (Å²) in [4.78, 5) is 12.5. The number of aromatic nitrogens is 1. The Hall–Kier alpha value is -1.56. The van der Waals surface area contributed by atoms with Gasteiger partial charge in [0.05, 0.1) is 5.69 Å². The second-order valence-corrected chi connectivity index (χ2v) is 10.4. The Balaban J connectivity index is 1.41. The van der Waals surface area contributed by atoms with Crippen LogP contribution in [0.1, 0.15) is 74.0 Å². The number of nitrogens with two attached hydrogens (primary N) is 1. The van der Waals surface area contributed by atoms with E-state index in [1.54, 1.807) is 6.07 Å². The Bertz CT molecular complexity index is 866. The Kier molecular flexibility index (Phi) is 6.16. The van der Waals surface area contributed by atoms with Gasteiger partial charge in [0.2, 0.25) is 5.76 Å². The Morgan fingerprint density at radius 1 is 1.30 bits per heavy atom. The average Bonchev–Trinajstić information content (AvgIpc) is 3.43. The second-order valence-electron chi connectivity index (χ2n) is 8.60. The molecule has 2 aliphatic heterocycles. The van der Waals surface area contributed by atoms with Crippen LogP contribution in [0.5, 0.6) is 0 Å². The molecule has 0 aromatic carbocycles. The number of rotatable bonds is 6. The van der Waals surface area contributed by atoms with Crippen LogP contribution in [-0.2, 0) is 10.2 Å². The number of carbonyl (C=O) groups is 1. The van der Waals surface area contributed by atoms with Gasteiger partial charge in [-0.2, -0.15) is 17.0 Å². The summed E-state index contributed by atoms with van der Waals surface area (Å²) >= 11 is 0. The molecule has 9 nitrogen and oxygen atoms in total. The fraction of sp³-hybridized carbons (Fsp3) is 0.789. The van der Waals surface area contributed by atoms with Crippen LogP contribution in [0.15, 0.2) is 10.6 Å². The highest BCUT2D eigenvalue weighted by Gasteiger charge is 2.45. The minimum atomic E-state index is -3.93.